The Morgan fingerprint density at radius 2 is 1.93 bits per heavy atom. The molecule has 1 rings (SSSR count). The van der Waals surface area contributed by atoms with Gasteiger partial charge in [0.2, 0.25) is 0 Å². The lowest BCUT2D eigenvalue weighted by molar-refractivity contribution is 0.379. The molecule has 0 N–H and O–H groups in total. The van der Waals surface area contributed by atoms with E-state index in [9.17, 15) is 0 Å². The van der Waals surface area contributed by atoms with Gasteiger partial charge in [-0.15, -0.1) is 0 Å². The maximum atomic E-state index is 5.87. The van der Waals surface area contributed by atoms with Crippen LogP contribution in [-0.4, -0.2) is 29.7 Å². The molecule has 0 aliphatic carbocycles. The van der Waals surface area contributed by atoms with Gasteiger partial charge in [0, 0.05) is 18.7 Å². The fourth-order valence-electron chi connectivity index (χ4n) is 0.992. The summed E-state index contributed by atoms with van der Waals surface area (Å²) in [6, 6.07) is 2.00. The molecule has 1 heterocycles. The standard InChI is InChI=1S/C10H16ClN3O/c1-10(2,3)14(4)8-6-7(11)12-9(13-8)15-5/h6H,1-5H3. The normalized spacial score (nSPS) is 11.3. The summed E-state index contributed by atoms with van der Waals surface area (Å²) in [6.07, 6.45) is 0. The largest absolute Gasteiger partial charge is 0.467 e. The zero-order chi connectivity index (χ0) is 11.6. The Morgan fingerprint density at radius 1 is 1.33 bits per heavy atom. The highest BCUT2D eigenvalue weighted by molar-refractivity contribution is 6.29. The SMILES string of the molecule is COc1nc(Cl)cc(N(C)C(C)(C)C)n1. The molecule has 0 fully saturated rings. The minimum atomic E-state index is -0.0251. The van der Waals surface area contributed by atoms with Crippen molar-refractivity contribution in [3.8, 4) is 6.01 Å². The van der Waals surface area contributed by atoms with Crippen molar-refractivity contribution in [1.29, 1.82) is 0 Å². The van der Waals surface area contributed by atoms with E-state index in [0.717, 1.165) is 5.82 Å². The molecule has 0 bridgehead atoms. The Balaban J connectivity index is 3.09. The van der Waals surface area contributed by atoms with E-state index in [1.807, 2.05) is 11.9 Å². The maximum Gasteiger partial charge on any atom is 0.319 e. The Labute approximate surface area is 95.2 Å². The van der Waals surface area contributed by atoms with Gasteiger partial charge in [0.15, 0.2) is 0 Å². The molecule has 0 spiro atoms. The van der Waals surface area contributed by atoms with Crippen LogP contribution in [0.4, 0.5) is 5.82 Å². The van der Waals surface area contributed by atoms with Crippen molar-refractivity contribution in [2.45, 2.75) is 26.3 Å². The summed E-state index contributed by atoms with van der Waals surface area (Å²) in [5.74, 6) is 0.749. The van der Waals surface area contributed by atoms with Crippen LogP contribution in [-0.2, 0) is 0 Å². The first-order chi connectivity index (χ1) is 6.84. The van der Waals surface area contributed by atoms with Gasteiger partial charge in [-0.1, -0.05) is 11.6 Å². The number of hydrogen-bond donors (Lipinski definition) is 0. The molecule has 0 atom stereocenters. The quantitative estimate of drug-likeness (QED) is 0.730. The van der Waals surface area contributed by atoms with Gasteiger partial charge in [-0.25, -0.2) is 0 Å². The predicted octanol–water partition coefficient (Wildman–Crippen LogP) is 2.37. The summed E-state index contributed by atoms with van der Waals surface area (Å²) < 4.78 is 4.97. The minimum absolute atomic E-state index is 0.0251. The molecule has 0 unspecified atom stereocenters. The molecule has 0 saturated heterocycles. The van der Waals surface area contributed by atoms with Crippen molar-refractivity contribution in [2.75, 3.05) is 19.1 Å². The molecule has 15 heavy (non-hydrogen) atoms. The average Bonchev–Trinajstić information content (AvgIpc) is 2.14. The number of nitrogens with zero attached hydrogens (tertiary/aromatic N) is 3. The van der Waals surface area contributed by atoms with Gasteiger partial charge in [-0.2, -0.15) is 9.97 Å². The molecular formula is C10H16ClN3O. The number of ether oxygens (including phenoxy) is 1. The molecular weight excluding hydrogens is 214 g/mol. The summed E-state index contributed by atoms with van der Waals surface area (Å²) in [4.78, 5) is 10.2. The van der Waals surface area contributed by atoms with Gasteiger partial charge in [-0.05, 0) is 20.8 Å². The van der Waals surface area contributed by atoms with Crippen molar-refractivity contribution in [3.05, 3.63) is 11.2 Å². The first-order valence-corrected chi connectivity index (χ1v) is 5.05. The third-order valence-corrected chi connectivity index (χ3v) is 2.39. The van der Waals surface area contributed by atoms with Gasteiger partial charge in [0.25, 0.3) is 0 Å². The van der Waals surface area contributed by atoms with E-state index < -0.39 is 0 Å². The summed E-state index contributed by atoms with van der Waals surface area (Å²) in [7, 11) is 3.48. The molecule has 0 saturated carbocycles. The second-order valence-electron chi connectivity index (χ2n) is 4.27. The van der Waals surface area contributed by atoms with Crippen LogP contribution in [0.15, 0.2) is 6.07 Å². The highest BCUT2D eigenvalue weighted by atomic mass is 35.5. The smallest absolute Gasteiger partial charge is 0.319 e. The van der Waals surface area contributed by atoms with Crippen molar-refractivity contribution in [3.63, 3.8) is 0 Å². The summed E-state index contributed by atoms with van der Waals surface area (Å²) in [6.45, 7) is 6.28. The summed E-state index contributed by atoms with van der Waals surface area (Å²) >= 11 is 5.87. The summed E-state index contributed by atoms with van der Waals surface area (Å²) in [5.41, 5.74) is -0.0251. The Kier molecular flexibility index (Phi) is 3.39. The van der Waals surface area contributed by atoms with Crippen molar-refractivity contribution >= 4 is 17.4 Å². The first kappa shape index (κ1) is 12.0. The van der Waals surface area contributed by atoms with Crippen LogP contribution < -0.4 is 9.64 Å². The Hall–Kier alpha value is -1.03. The monoisotopic (exact) mass is 229 g/mol. The lowest BCUT2D eigenvalue weighted by atomic mass is 10.1. The molecule has 0 aliphatic rings. The van der Waals surface area contributed by atoms with Crippen LogP contribution >= 0.6 is 11.6 Å². The highest BCUT2D eigenvalue weighted by Crippen LogP contribution is 2.23. The molecule has 84 valence electrons. The third kappa shape index (κ3) is 2.96. The van der Waals surface area contributed by atoms with Crippen molar-refractivity contribution < 1.29 is 4.74 Å². The molecule has 0 radical (unpaired) electrons. The number of methoxy groups -OCH3 is 1. The lowest BCUT2D eigenvalue weighted by Crippen LogP contribution is -2.38. The van der Waals surface area contributed by atoms with Crippen LogP contribution in [0.1, 0.15) is 20.8 Å². The van der Waals surface area contributed by atoms with Crippen LogP contribution in [0.5, 0.6) is 6.01 Å². The van der Waals surface area contributed by atoms with Crippen molar-refractivity contribution in [2.24, 2.45) is 0 Å². The minimum Gasteiger partial charge on any atom is -0.467 e. The Bertz CT molecular complexity index is 349. The van der Waals surface area contributed by atoms with Gasteiger partial charge in [0.1, 0.15) is 11.0 Å². The number of halogens is 1. The molecule has 1 aromatic rings. The lowest BCUT2D eigenvalue weighted by Gasteiger charge is -2.32. The van der Waals surface area contributed by atoms with E-state index in [2.05, 4.69) is 30.7 Å². The number of anilines is 1. The molecule has 0 aliphatic heterocycles. The fraction of sp³-hybridized carbons (Fsp3) is 0.600. The highest BCUT2D eigenvalue weighted by Gasteiger charge is 2.19. The van der Waals surface area contributed by atoms with Crippen LogP contribution in [0.3, 0.4) is 0 Å². The molecule has 1 aromatic heterocycles. The molecule has 4 nitrogen and oxygen atoms in total. The van der Waals surface area contributed by atoms with E-state index in [0.29, 0.717) is 5.15 Å². The second-order valence-corrected chi connectivity index (χ2v) is 4.65. The molecule has 0 amide bonds. The zero-order valence-electron chi connectivity index (χ0n) is 9.71. The second kappa shape index (κ2) is 4.23. The number of aromatic nitrogens is 2. The van der Waals surface area contributed by atoms with E-state index in [4.69, 9.17) is 16.3 Å². The van der Waals surface area contributed by atoms with E-state index in [1.165, 1.54) is 7.11 Å². The van der Waals surface area contributed by atoms with Gasteiger partial charge < -0.3 is 9.64 Å². The number of hydrogen-bond acceptors (Lipinski definition) is 4. The fourth-order valence-corrected chi connectivity index (χ4v) is 1.16. The maximum absolute atomic E-state index is 5.87. The van der Waals surface area contributed by atoms with Gasteiger partial charge in [0.05, 0.1) is 7.11 Å². The summed E-state index contributed by atoms with van der Waals surface area (Å²) in [5, 5.41) is 0.382. The number of rotatable bonds is 2. The topological polar surface area (TPSA) is 38.2 Å². The molecule has 5 heteroatoms. The van der Waals surface area contributed by atoms with Gasteiger partial charge in [-0.3, -0.25) is 0 Å². The van der Waals surface area contributed by atoms with Crippen molar-refractivity contribution in [1.82, 2.24) is 9.97 Å². The third-order valence-electron chi connectivity index (χ3n) is 2.19. The Morgan fingerprint density at radius 3 is 2.40 bits per heavy atom. The van der Waals surface area contributed by atoms with Gasteiger partial charge >= 0.3 is 6.01 Å². The van der Waals surface area contributed by atoms with E-state index >= 15 is 0 Å². The van der Waals surface area contributed by atoms with E-state index in [-0.39, 0.29) is 11.5 Å². The molecule has 0 aromatic carbocycles. The van der Waals surface area contributed by atoms with E-state index in [1.54, 1.807) is 6.07 Å². The van der Waals surface area contributed by atoms with Crippen LogP contribution in [0, 0.1) is 0 Å². The zero-order valence-corrected chi connectivity index (χ0v) is 10.5. The predicted molar refractivity (Wildman–Crippen MR) is 61.8 cm³/mol. The average molecular weight is 230 g/mol. The first-order valence-electron chi connectivity index (χ1n) is 4.67. The van der Waals surface area contributed by atoms with Crippen LogP contribution in [0.2, 0.25) is 5.15 Å². The van der Waals surface area contributed by atoms with Crippen LogP contribution in [0.25, 0.3) is 0 Å².